The summed E-state index contributed by atoms with van der Waals surface area (Å²) in [6.07, 6.45) is 1.40. The number of nitrogens with zero attached hydrogens (tertiary/aromatic N) is 4. The lowest BCUT2D eigenvalue weighted by Gasteiger charge is -2.08. The Morgan fingerprint density at radius 2 is 2.09 bits per heavy atom. The zero-order valence-corrected chi connectivity index (χ0v) is 12.8. The Balaban J connectivity index is 2.04. The lowest BCUT2D eigenvalue weighted by molar-refractivity contribution is -0.137. The van der Waals surface area contributed by atoms with Crippen LogP contribution in [0.4, 0.5) is 0 Å². The van der Waals surface area contributed by atoms with E-state index in [0.29, 0.717) is 12.2 Å². The summed E-state index contributed by atoms with van der Waals surface area (Å²) in [5.41, 5.74) is 3.20. The van der Waals surface area contributed by atoms with Crippen LogP contribution in [0.1, 0.15) is 33.9 Å². The average molecular weight is 305 g/mol. The summed E-state index contributed by atoms with van der Waals surface area (Å²) < 4.78 is 3.17. The Morgan fingerprint density at radius 1 is 1.36 bits per heavy atom. The highest BCUT2D eigenvalue weighted by atomic mass is 16.4. The number of aromatic nitrogens is 4. The molecule has 0 fully saturated rings. The summed E-state index contributed by atoms with van der Waals surface area (Å²) >= 11 is 0. The highest BCUT2D eigenvalue weighted by Gasteiger charge is 2.15. The zero-order chi connectivity index (χ0) is 16.3. The van der Waals surface area contributed by atoms with Crippen molar-refractivity contribution in [2.24, 2.45) is 7.05 Å². The monoisotopic (exact) mass is 305 g/mol. The van der Waals surface area contributed by atoms with E-state index in [1.54, 1.807) is 10.7 Å². The Labute approximate surface area is 127 Å². The molecule has 8 nitrogen and oxygen atoms in total. The minimum Gasteiger partial charge on any atom is -0.481 e. The fourth-order valence-corrected chi connectivity index (χ4v) is 2.24. The van der Waals surface area contributed by atoms with Crippen LogP contribution in [-0.4, -0.2) is 36.5 Å². The molecule has 0 atom stereocenters. The Morgan fingerprint density at radius 3 is 2.68 bits per heavy atom. The van der Waals surface area contributed by atoms with E-state index in [1.165, 1.54) is 10.9 Å². The van der Waals surface area contributed by atoms with Crippen LogP contribution in [-0.2, 0) is 24.9 Å². The minimum absolute atomic E-state index is 0.0806. The standard InChI is InChI=1S/C14H19N5O3/c1-9-11(10(2)18(3)17-9)8-15-14(22)12-4-6-16-19(12)7-5-13(20)21/h4,6H,5,7-8H2,1-3H3,(H,15,22)(H,20,21). The molecule has 0 aliphatic heterocycles. The molecule has 0 bridgehead atoms. The van der Waals surface area contributed by atoms with Crippen LogP contribution in [0.2, 0.25) is 0 Å². The number of hydrogen-bond acceptors (Lipinski definition) is 4. The van der Waals surface area contributed by atoms with Crippen molar-refractivity contribution in [1.82, 2.24) is 24.9 Å². The first-order valence-electron chi connectivity index (χ1n) is 6.91. The second-order valence-electron chi connectivity index (χ2n) is 5.04. The third-order valence-electron chi connectivity index (χ3n) is 3.57. The molecule has 0 radical (unpaired) electrons. The van der Waals surface area contributed by atoms with Gasteiger partial charge in [-0.05, 0) is 19.9 Å². The second-order valence-corrected chi connectivity index (χ2v) is 5.04. The van der Waals surface area contributed by atoms with Gasteiger partial charge in [0, 0.05) is 31.0 Å². The number of aryl methyl sites for hydroxylation is 3. The van der Waals surface area contributed by atoms with Crippen molar-refractivity contribution in [1.29, 1.82) is 0 Å². The summed E-state index contributed by atoms with van der Waals surface area (Å²) in [5.74, 6) is -1.21. The van der Waals surface area contributed by atoms with Crippen LogP contribution < -0.4 is 5.32 Å². The van der Waals surface area contributed by atoms with Crippen molar-refractivity contribution in [2.75, 3.05) is 0 Å². The number of nitrogens with one attached hydrogen (secondary N) is 1. The van der Waals surface area contributed by atoms with Gasteiger partial charge < -0.3 is 10.4 Å². The predicted octanol–water partition coefficient (Wildman–Crippen LogP) is 0.638. The van der Waals surface area contributed by atoms with E-state index in [9.17, 15) is 9.59 Å². The van der Waals surface area contributed by atoms with Crippen LogP contribution >= 0.6 is 0 Å². The maximum atomic E-state index is 12.2. The summed E-state index contributed by atoms with van der Waals surface area (Å²) in [7, 11) is 1.86. The molecule has 0 spiro atoms. The molecule has 0 saturated heterocycles. The first kappa shape index (κ1) is 15.7. The number of carboxylic acids is 1. The molecule has 2 heterocycles. The first-order valence-corrected chi connectivity index (χ1v) is 6.91. The van der Waals surface area contributed by atoms with Gasteiger partial charge in [-0.2, -0.15) is 10.2 Å². The molecule has 2 rings (SSSR count). The smallest absolute Gasteiger partial charge is 0.305 e. The molecule has 2 aromatic rings. The van der Waals surface area contributed by atoms with E-state index in [4.69, 9.17) is 5.11 Å². The SMILES string of the molecule is Cc1nn(C)c(C)c1CNC(=O)c1ccnn1CCC(=O)O. The van der Waals surface area contributed by atoms with E-state index in [0.717, 1.165) is 17.0 Å². The van der Waals surface area contributed by atoms with Gasteiger partial charge in [0.25, 0.3) is 5.91 Å². The van der Waals surface area contributed by atoms with Gasteiger partial charge in [0.1, 0.15) is 5.69 Å². The molecule has 0 aliphatic carbocycles. The van der Waals surface area contributed by atoms with E-state index < -0.39 is 5.97 Å². The van der Waals surface area contributed by atoms with E-state index in [-0.39, 0.29) is 18.9 Å². The van der Waals surface area contributed by atoms with Gasteiger partial charge in [-0.3, -0.25) is 19.0 Å². The molecular formula is C14H19N5O3. The highest BCUT2D eigenvalue weighted by Crippen LogP contribution is 2.11. The summed E-state index contributed by atoms with van der Waals surface area (Å²) in [4.78, 5) is 22.8. The van der Waals surface area contributed by atoms with E-state index >= 15 is 0 Å². The topological polar surface area (TPSA) is 102 Å². The van der Waals surface area contributed by atoms with Crippen LogP contribution in [0.5, 0.6) is 0 Å². The second kappa shape index (κ2) is 6.42. The maximum Gasteiger partial charge on any atom is 0.305 e. The molecule has 0 unspecified atom stereocenters. The third kappa shape index (κ3) is 3.33. The molecule has 0 aromatic carbocycles. The number of carbonyl (C=O) groups excluding carboxylic acids is 1. The summed E-state index contributed by atoms with van der Waals surface area (Å²) in [6, 6.07) is 1.57. The molecule has 2 aromatic heterocycles. The Bertz CT molecular complexity index is 701. The van der Waals surface area contributed by atoms with Crippen molar-refractivity contribution in [3.05, 3.63) is 34.9 Å². The van der Waals surface area contributed by atoms with Gasteiger partial charge in [0.15, 0.2) is 0 Å². The van der Waals surface area contributed by atoms with Gasteiger partial charge in [0.2, 0.25) is 0 Å². The number of rotatable bonds is 6. The molecule has 2 N–H and O–H groups in total. The van der Waals surface area contributed by atoms with Crippen LogP contribution in [0.25, 0.3) is 0 Å². The quantitative estimate of drug-likeness (QED) is 0.815. The number of carbonyl (C=O) groups is 2. The maximum absolute atomic E-state index is 12.2. The normalized spacial score (nSPS) is 10.7. The van der Waals surface area contributed by atoms with Crippen LogP contribution in [0.15, 0.2) is 12.3 Å². The van der Waals surface area contributed by atoms with Gasteiger partial charge >= 0.3 is 5.97 Å². The fraction of sp³-hybridized carbons (Fsp3) is 0.429. The number of amides is 1. The predicted molar refractivity (Wildman–Crippen MR) is 78.3 cm³/mol. The third-order valence-corrected chi connectivity index (χ3v) is 3.57. The summed E-state index contributed by atoms with van der Waals surface area (Å²) in [6.45, 7) is 4.37. The van der Waals surface area contributed by atoms with Crippen molar-refractivity contribution in [3.8, 4) is 0 Å². The Hall–Kier alpha value is -2.64. The molecule has 118 valence electrons. The zero-order valence-electron chi connectivity index (χ0n) is 12.8. The van der Waals surface area contributed by atoms with Crippen LogP contribution in [0.3, 0.4) is 0 Å². The summed E-state index contributed by atoms with van der Waals surface area (Å²) in [5, 5.41) is 19.8. The molecule has 8 heteroatoms. The van der Waals surface area contributed by atoms with Crippen molar-refractivity contribution >= 4 is 11.9 Å². The van der Waals surface area contributed by atoms with Gasteiger partial charge in [0.05, 0.1) is 18.7 Å². The van der Waals surface area contributed by atoms with E-state index in [2.05, 4.69) is 15.5 Å². The number of aliphatic carboxylic acids is 1. The van der Waals surface area contributed by atoms with Crippen molar-refractivity contribution in [3.63, 3.8) is 0 Å². The molecule has 22 heavy (non-hydrogen) atoms. The minimum atomic E-state index is -0.927. The molecule has 1 amide bonds. The van der Waals surface area contributed by atoms with Crippen molar-refractivity contribution < 1.29 is 14.7 Å². The van der Waals surface area contributed by atoms with Crippen LogP contribution in [0, 0.1) is 13.8 Å². The molecule has 0 aliphatic rings. The van der Waals surface area contributed by atoms with Gasteiger partial charge in [-0.15, -0.1) is 0 Å². The van der Waals surface area contributed by atoms with Gasteiger partial charge in [-0.25, -0.2) is 0 Å². The average Bonchev–Trinajstić information content (AvgIpc) is 3.01. The van der Waals surface area contributed by atoms with E-state index in [1.807, 2.05) is 20.9 Å². The van der Waals surface area contributed by atoms with Gasteiger partial charge in [-0.1, -0.05) is 0 Å². The lowest BCUT2D eigenvalue weighted by Crippen LogP contribution is -2.26. The number of hydrogen-bond donors (Lipinski definition) is 2. The Kier molecular flexibility index (Phi) is 4.59. The fourth-order valence-electron chi connectivity index (χ4n) is 2.24. The molecular weight excluding hydrogens is 286 g/mol. The first-order chi connectivity index (χ1) is 10.4. The largest absolute Gasteiger partial charge is 0.481 e. The van der Waals surface area contributed by atoms with Crippen molar-refractivity contribution in [2.45, 2.75) is 33.4 Å². The lowest BCUT2D eigenvalue weighted by atomic mass is 10.2. The number of carboxylic acid groups (broad SMARTS) is 1. The highest BCUT2D eigenvalue weighted by molar-refractivity contribution is 5.92. The molecule has 0 saturated carbocycles.